The lowest BCUT2D eigenvalue weighted by Crippen LogP contribution is -2.36. The van der Waals surface area contributed by atoms with E-state index >= 15 is 0 Å². The number of amides is 1. The number of carbonyl (C=O) groups is 1. The van der Waals surface area contributed by atoms with Gasteiger partial charge in [0.15, 0.2) is 0 Å². The highest BCUT2D eigenvalue weighted by atomic mass is 16.2. The molecule has 0 bridgehead atoms. The molecular weight excluding hydrogens is 216 g/mol. The fourth-order valence-electron chi connectivity index (χ4n) is 2.03. The zero-order chi connectivity index (χ0) is 12.4. The molecule has 0 saturated carbocycles. The van der Waals surface area contributed by atoms with Crippen molar-refractivity contribution in [1.82, 2.24) is 5.32 Å². The smallest absolute Gasteiger partial charge is 0.244 e. The Balaban J connectivity index is 2.18. The lowest BCUT2D eigenvalue weighted by Gasteiger charge is -2.17. The number of benzene rings is 1. The summed E-state index contributed by atoms with van der Waals surface area (Å²) in [6, 6.07) is 7.09. The standard InChI is InChI=1S/C12H16N4O/c1-15-10-6-7-16(12(10)17)9-4-2-8(3-5-9)11(13)14/h2-5,10,15H,6-7H2,1H3,(H3,13,14). The Bertz CT molecular complexity index is 440. The number of carbonyl (C=O) groups excluding carboxylic acids is 1. The van der Waals surface area contributed by atoms with Gasteiger partial charge in [-0.2, -0.15) is 0 Å². The van der Waals surface area contributed by atoms with Gasteiger partial charge in [-0.15, -0.1) is 0 Å². The van der Waals surface area contributed by atoms with Crippen molar-refractivity contribution in [2.45, 2.75) is 12.5 Å². The highest BCUT2D eigenvalue weighted by molar-refractivity contribution is 6.00. The van der Waals surface area contributed by atoms with Gasteiger partial charge in [-0.05, 0) is 37.7 Å². The molecule has 0 aliphatic carbocycles. The van der Waals surface area contributed by atoms with Gasteiger partial charge in [0.05, 0.1) is 6.04 Å². The topological polar surface area (TPSA) is 82.2 Å². The summed E-state index contributed by atoms with van der Waals surface area (Å²) in [5, 5.41) is 10.3. The third kappa shape index (κ3) is 2.14. The second-order valence-corrected chi connectivity index (χ2v) is 4.08. The van der Waals surface area contributed by atoms with Crippen molar-refractivity contribution in [2.24, 2.45) is 5.73 Å². The van der Waals surface area contributed by atoms with Gasteiger partial charge in [0.1, 0.15) is 5.84 Å². The third-order valence-corrected chi connectivity index (χ3v) is 3.04. The minimum Gasteiger partial charge on any atom is -0.384 e. The number of rotatable bonds is 3. The van der Waals surface area contributed by atoms with Crippen molar-refractivity contribution in [3.63, 3.8) is 0 Å². The van der Waals surface area contributed by atoms with Crippen LogP contribution in [0.15, 0.2) is 24.3 Å². The molecule has 1 aliphatic rings. The van der Waals surface area contributed by atoms with Gasteiger partial charge in [0.2, 0.25) is 5.91 Å². The van der Waals surface area contributed by atoms with Crippen LogP contribution in [-0.4, -0.2) is 31.4 Å². The lowest BCUT2D eigenvalue weighted by atomic mass is 10.2. The SMILES string of the molecule is CNC1CCN(c2ccc(C(=N)N)cc2)C1=O. The molecule has 1 unspecified atom stereocenters. The minimum atomic E-state index is -0.0810. The van der Waals surface area contributed by atoms with Crippen LogP contribution in [0.5, 0.6) is 0 Å². The van der Waals surface area contributed by atoms with Crippen molar-refractivity contribution in [2.75, 3.05) is 18.5 Å². The van der Waals surface area contributed by atoms with Crippen molar-refractivity contribution in [1.29, 1.82) is 5.41 Å². The fraction of sp³-hybridized carbons (Fsp3) is 0.333. The fourth-order valence-corrected chi connectivity index (χ4v) is 2.03. The zero-order valence-electron chi connectivity index (χ0n) is 9.73. The monoisotopic (exact) mass is 232 g/mol. The summed E-state index contributed by atoms with van der Waals surface area (Å²) < 4.78 is 0. The van der Waals surface area contributed by atoms with E-state index < -0.39 is 0 Å². The third-order valence-electron chi connectivity index (χ3n) is 3.04. The Morgan fingerprint density at radius 1 is 1.47 bits per heavy atom. The van der Waals surface area contributed by atoms with E-state index in [2.05, 4.69) is 5.32 Å². The number of nitrogens with two attached hydrogens (primary N) is 1. The number of nitrogen functional groups attached to an aromatic ring is 1. The van der Waals surface area contributed by atoms with Crippen LogP contribution in [0.3, 0.4) is 0 Å². The highest BCUT2D eigenvalue weighted by Crippen LogP contribution is 2.21. The molecule has 0 aromatic heterocycles. The number of hydrogen-bond acceptors (Lipinski definition) is 3. The van der Waals surface area contributed by atoms with Crippen molar-refractivity contribution >= 4 is 17.4 Å². The lowest BCUT2D eigenvalue weighted by molar-refractivity contribution is -0.118. The Labute approximate surface area is 100 Å². The Morgan fingerprint density at radius 3 is 2.59 bits per heavy atom. The Kier molecular flexibility index (Phi) is 3.10. The number of hydrogen-bond donors (Lipinski definition) is 3. The number of nitrogens with zero attached hydrogens (tertiary/aromatic N) is 1. The molecule has 1 amide bonds. The molecule has 5 nitrogen and oxygen atoms in total. The highest BCUT2D eigenvalue weighted by Gasteiger charge is 2.30. The Morgan fingerprint density at radius 2 is 2.12 bits per heavy atom. The molecule has 17 heavy (non-hydrogen) atoms. The molecular formula is C12H16N4O. The van der Waals surface area contributed by atoms with Crippen LogP contribution in [0, 0.1) is 5.41 Å². The second-order valence-electron chi connectivity index (χ2n) is 4.08. The van der Waals surface area contributed by atoms with Crippen molar-refractivity contribution in [3.05, 3.63) is 29.8 Å². The summed E-state index contributed by atoms with van der Waals surface area (Å²) in [5.74, 6) is 0.139. The number of amidine groups is 1. The van der Waals surface area contributed by atoms with Crippen LogP contribution in [0.25, 0.3) is 0 Å². The predicted octanol–water partition coefficient (Wildman–Crippen LogP) is 0.295. The van der Waals surface area contributed by atoms with Gasteiger partial charge >= 0.3 is 0 Å². The summed E-state index contributed by atoms with van der Waals surface area (Å²) in [5.41, 5.74) is 6.91. The molecule has 1 atom stereocenters. The predicted molar refractivity (Wildman–Crippen MR) is 67.3 cm³/mol. The average Bonchev–Trinajstić information content (AvgIpc) is 2.70. The van der Waals surface area contributed by atoms with Crippen LogP contribution in [0.1, 0.15) is 12.0 Å². The van der Waals surface area contributed by atoms with E-state index in [4.69, 9.17) is 11.1 Å². The van der Waals surface area contributed by atoms with E-state index in [1.807, 2.05) is 12.1 Å². The molecule has 2 rings (SSSR count). The number of anilines is 1. The van der Waals surface area contributed by atoms with Gasteiger partial charge < -0.3 is 16.0 Å². The first-order valence-corrected chi connectivity index (χ1v) is 5.56. The molecule has 1 saturated heterocycles. The minimum absolute atomic E-state index is 0.0393. The summed E-state index contributed by atoms with van der Waals surface area (Å²) in [6.07, 6.45) is 0.823. The van der Waals surface area contributed by atoms with E-state index in [0.29, 0.717) is 5.56 Å². The van der Waals surface area contributed by atoms with Crippen LogP contribution in [0.4, 0.5) is 5.69 Å². The average molecular weight is 232 g/mol. The van der Waals surface area contributed by atoms with E-state index in [1.165, 1.54) is 0 Å². The number of nitrogens with one attached hydrogen (secondary N) is 2. The first-order chi connectivity index (χ1) is 8.13. The maximum absolute atomic E-state index is 12.0. The molecule has 1 aliphatic heterocycles. The van der Waals surface area contributed by atoms with Crippen molar-refractivity contribution in [3.8, 4) is 0 Å². The molecule has 5 heteroatoms. The van der Waals surface area contributed by atoms with Crippen molar-refractivity contribution < 1.29 is 4.79 Å². The molecule has 1 fully saturated rings. The van der Waals surface area contributed by atoms with Crippen LogP contribution < -0.4 is 16.0 Å². The summed E-state index contributed by atoms with van der Waals surface area (Å²) in [7, 11) is 1.80. The summed E-state index contributed by atoms with van der Waals surface area (Å²) in [6.45, 7) is 0.726. The second kappa shape index (κ2) is 4.55. The van der Waals surface area contributed by atoms with E-state index in [1.54, 1.807) is 24.1 Å². The van der Waals surface area contributed by atoms with Gasteiger partial charge in [-0.3, -0.25) is 10.2 Å². The van der Waals surface area contributed by atoms with E-state index in [-0.39, 0.29) is 17.8 Å². The van der Waals surface area contributed by atoms with Gasteiger partial charge in [-0.1, -0.05) is 0 Å². The first kappa shape index (κ1) is 11.6. The van der Waals surface area contributed by atoms with Gasteiger partial charge in [0, 0.05) is 17.8 Å². The molecule has 0 radical (unpaired) electrons. The zero-order valence-corrected chi connectivity index (χ0v) is 9.73. The van der Waals surface area contributed by atoms with Crippen LogP contribution in [-0.2, 0) is 4.79 Å². The molecule has 1 aromatic rings. The Hall–Kier alpha value is -1.88. The molecule has 1 heterocycles. The quantitative estimate of drug-likeness (QED) is 0.517. The normalized spacial score (nSPS) is 19.7. The largest absolute Gasteiger partial charge is 0.384 e. The van der Waals surface area contributed by atoms with E-state index in [9.17, 15) is 4.79 Å². The summed E-state index contributed by atoms with van der Waals surface area (Å²) in [4.78, 5) is 13.7. The van der Waals surface area contributed by atoms with Gasteiger partial charge in [0.25, 0.3) is 0 Å². The first-order valence-electron chi connectivity index (χ1n) is 5.56. The molecule has 0 spiro atoms. The van der Waals surface area contributed by atoms with E-state index in [0.717, 1.165) is 18.7 Å². The van der Waals surface area contributed by atoms with Crippen LogP contribution >= 0.6 is 0 Å². The molecule has 4 N–H and O–H groups in total. The number of likely N-dealkylation sites (N-methyl/N-ethyl adjacent to an activating group) is 1. The van der Waals surface area contributed by atoms with Crippen LogP contribution in [0.2, 0.25) is 0 Å². The summed E-state index contributed by atoms with van der Waals surface area (Å²) >= 11 is 0. The maximum atomic E-state index is 12.0. The molecule has 90 valence electrons. The maximum Gasteiger partial charge on any atom is 0.244 e. The van der Waals surface area contributed by atoms with Gasteiger partial charge in [-0.25, -0.2) is 0 Å². The molecule has 1 aromatic carbocycles.